The van der Waals surface area contributed by atoms with Crippen LogP contribution in [-0.2, 0) is 20.1 Å². The first kappa shape index (κ1) is 10.1. The SMILES string of the molecule is Cn1ccnc1CN1Cc2ccccc2C1=N. The second-order valence-corrected chi connectivity index (χ2v) is 4.32. The van der Waals surface area contributed by atoms with E-state index in [1.807, 2.05) is 40.9 Å². The van der Waals surface area contributed by atoms with Crippen molar-refractivity contribution in [2.75, 3.05) is 0 Å². The maximum Gasteiger partial charge on any atom is 0.129 e. The van der Waals surface area contributed by atoms with Crippen LogP contribution in [0.2, 0.25) is 0 Å². The molecule has 1 aromatic heterocycles. The zero-order chi connectivity index (χ0) is 11.8. The first-order valence-corrected chi connectivity index (χ1v) is 5.63. The molecule has 0 saturated heterocycles. The Kier molecular flexibility index (Phi) is 2.21. The van der Waals surface area contributed by atoms with Gasteiger partial charge in [0.15, 0.2) is 0 Å². The number of fused-ring (bicyclic) bond motifs is 1. The Morgan fingerprint density at radius 1 is 1.35 bits per heavy atom. The van der Waals surface area contributed by atoms with E-state index in [1.54, 1.807) is 6.20 Å². The number of hydrogen-bond donors (Lipinski definition) is 1. The van der Waals surface area contributed by atoms with Gasteiger partial charge in [-0.3, -0.25) is 5.41 Å². The average Bonchev–Trinajstić information content (AvgIpc) is 2.87. The maximum atomic E-state index is 8.15. The third-order valence-corrected chi connectivity index (χ3v) is 3.20. The molecule has 0 amide bonds. The molecule has 2 heterocycles. The molecule has 1 aliphatic rings. The highest BCUT2D eigenvalue weighted by atomic mass is 15.2. The highest BCUT2D eigenvalue weighted by Crippen LogP contribution is 2.23. The first-order chi connectivity index (χ1) is 8.25. The van der Waals surface area contributed by atoms with Crippen molar-refractivity contribution in [2.24, 2.45) is 7.05 Å². The highest BCUT2D eigenvalue weighted by Gasteiger charge is 2.24. The van der Waals surface area contributed by atoms with Gasteiger partial charge in [0.1, 0.15) is 11.7 Å². The molecule has 17 heavy (non-hydrogen) atoms. The van der Waals surface area contributed by atoms with Gasteiger partial charge in [0.25, 0.3) is 0 Å². The standard InChI is InChI=1S/C13H14N4/c1-16-7-6-15-12(16)9-17-8-10-4-2-3-5-11(10)13(17)14/h2-7,14H,8-9H2,1H3. The van der Waals surface area contributed by atoms with Crippen molar-refractivity contribution in [2.45, 2.75) is 13.1 Å². The van der Waals surface area contributed by atoms with E-state index in [4.69, 9.17) is 5.41 Å². The van der Waals surface area contributed by atoms with Crippen LogP contribution in [0.1, 0.15) is 17.0 Å². The Morgan fingerprint density at radius 2 is 2.18 bits per heavy atom. The van der Waals surface area contributed by atoms with E-state index in [0.29, 0.717) is 12.4 Å². The molecule has 1 aliphatic heterocycles. The maximum absolute atomic E-state index is 8.15. The van der Waals surface area contributed by atoms with Gasteiger partial charge < -0.3 is 9.47 Å². The van der Waals surface area contributed by atoms with Crippen molar-refractivity contribution in [3.63, 3.8) is 0 Å². The van der Waals surface area contributed by atoms with Gasteiger partial charge in [0, 0.05) is 31.5 Å². The molecule has 2 aromatic rings. The summed E-state index contributed by atoms with van der Waals surface area (Å²) in [5, 5.41) is 8.15. The Hall–Kier alpha value is -2.10. The molecule has 0 aliphatic carbocycles. The van der Waals surface area contributed by atoms with Crippen LogP contribution in [0.4, 0.5) is 0 Å². The van der Waals surface area contributed by atoms with Gasteiger partial charge in [-0.15, -0.1) is 0 Å². The van der Waals surface area contributed by atoms with Crippen molar-refractivity contribution in [1.29, 1.82) is 5.41 Å². The number of nitrogens with zero attached hydrogens (tertiary/aromatic N) is 3. The molecular formula is C13H14N4. The van der Waals surface area contributed by atoms with Crippen LogP contribution in [0.25, 0.3) is 0 Å². The van der Waals surface area contributed by atoms with Crippen LogP contribution >= 0.6 is 0 Å². The fraction of sp³-hybridized carbons (Fsp3) is 0.231. The molecular weight excluding hydrogens is 212 g/mol. The molecule has 0 radical (unpaired) electrons. The largest absolute Gasteiger partial charge is 0.345 e. The minimum Gasteiger partial charge on any atom is -0.345 e. The number of nitrogens with one attached hydrogen (secondary N) is 1. The van der Waals surface area contributed by atoms with Crippen LogP contribution in [-0.4, -0.2) is 20.3 Å². The van der Waals surface area contributed by atoms with E-state index in [-0.39, 0.29) is 0 Å². The monoisotopic (exact) mass is 226 g/mol. The quantitative estimate of drug-likeness (QED) is 0.848. The summed E-state index contributed by atoms with van der Waals surface area (Å²) in [6.45, 7) is 1.50. The summed E-state index contributed by atoms with van der Waals surface area (Å²) in [5.74, 6) is 1.59. The van der Waals surface area contributed by atoms with E-state index in [2.05, 4.69) is 11.1 Å². The lowest BCUT2D eigenvalue weighted by atomic mass is 10.1. The number of aromatic nitrogens is 2. The lowest BCUT2D eigenvalue weighted by molar-refractivity contribution is 0.404. The topological polar surface area (TPSA) is 44.9 Å². The predicted octanol–water partition coefficient (Wildman–Crippen LogP) is 1.76. The van der Waals surface area contributed by atoms with E-state index in [1.165, 1.54) is 5.56 Å². The van der Waals surface area contributed by atoms with Gasteiger partial charge in [-0.25, -0.2) is 4.98 Å². The summed E-state index contributed by atoms with van der Waals surface area (Å²) < 4.78 is 2.00. The molecule has 0 unspecified atom stereocenters. The number of rotatable bonds is 2. The van der Waals surface area contributed by atoms with Crippen LogP contribution in [0.15, 0.2) is 36.7 Å². The predicted molar refractivity (Wildman–Crippen MR) is 65.7 cm³/mol. The zero-order valence-electron chi connectivity index (χ0n) is 9.72. The second kappa shape index (κ2) is 3.73. The molecule has 0 atom stereocenters. The molecule has 0 fully saturated rings. The summed E-state index contributed by atoms with van der Waals surface area (Å²) in [5.41, 5.74) is 2.27. The van der Waals surface area contributed by atoms with Gasteiger partial charge in [-0.2, -0.15) is 0 Å². The fourth-order valence-corrected chi connectivity index (χ4v) is 2.20. The number of imidazole rings is 1. The molecule has 0 bridgehead atoms. The van der Waals surface area contributed by atoms with E-state index < -0.39 is 0 Å². The molecule has 0 saturated carbocycles. The van der Waals surface area contributed by atoms with Gasteiger partial charge in [0.2, 0.25) is 0 Å². The Bertz CT molecular complexity index is 570. The minimum absolute atomic E-state index is 0.601. The minimum atomic E-state index is 0.601. The average molecular weight is 226 g/mol. The smallest absolute Gasteiger partial charge is 0.129 e. The number of hydrogen-bond acceptors (Lipinski definition) is 2. The molecule has 4 heteroatoms. The van der Waals surface area contributed by atoms with Gasteiger partial charge in [-0.05, 0) is 5.56 Å². The normalized spacial score (nSPS) is 14.2. The van der Waals surface area contributed by atoms with Gasteiger partial charge in [0.05, 0.1) is 6.54 Å². The van der Waals surface area contributed by atoms with E-state index in [0.717, 1.165) is 17.9 Å². The number of aryl methyl sites for hydroxylation is 1. The molecule has 1 aromatic carbocycles. The van der Waals surface area contributed by atoms with Crippen molar-refractivity contribution >= 4 is 5.84 Å². The Labute approximate surface area is 100 Å². The van der Waals surface area contributed by atoms with Crippen molar-refractivity contribution < 1.29 is 0 Å². The summed E-state index contributed by atoms with van der Waals surface area (Å²) in [7, 11) is 1.98. The van der Waals surface area contributed by atoms with Crippen LogP contribution in [0, 0.1) is 5.41 Å². The van der Waals surface area contributed by atoms with Crippen molar-refractivity contribution in [3.05, 3.63) is 53.6 Å². The Morgan fingerprint density at radius 3 is 2.88 bits per heavy atom. The van der Waals surface area contributed by atoms with Crippen molar-refractivity contribution in [1.82, 2.24) is 14.5 Å². The third kappa shape index (κ3) is 1.62. The molecule has 0 spiro atoms. The van der Waals surface area contributed by atoms with Crippen molar-refractivity contribution in [3.8, 4) is 0 Å². The fourth-order valence-electron chi connectivity index (χ4n) is 2.20. The number of benzene rings is 1. The lowest BCUT2D eigenvalue weighted by Gasteiger charge is -2.17. The molecule has 3 rings (SSSR count). The van der Waals surface area contributed by atoms with Gasteiger partial charge >= 0.3 is 0 Å². The summed E-state index contributed by atoms with van der Waals surface area (Å²) in [4.78, 5) is 6.35. The van der Waals surface area contributed by atoms with E-state index >= 15 is 0 Å². The van der Waals surface area contributed by atoms with Crippen LogP contribution in [0.3, 0.4) is 0 Å². The molecule has 4 nitrogen and oxygen atoms in total. The second-order valence-electron chi connectivity index (χ2n) is 4.32. The highest BCUT2D eigenvalue weighted by molar-refractivity contribution is 6.00. The summed E-state index contributed by atoms with van der Waals surface area (Å²) in [6.07, 6.45) is 3.73. The molecule has 86 valence electrons. The third-order valence-electron chi connectivity index (χ3n) is 3.20. The van der Waals surface area contributed by atoms with Crippen LogP contribution in [0.5, 0.6) is 0 Å². The Balaban J connectivity index is 1.85. The zero-order valence-corrected chi connectivity index (χ0v) is 9.72. The molecule has 1 N–H and O–H groups in total. The summed E-state index contributed by atoms with van der Waals surface area (Å²) >= 11 is 0. The lowest BCUT2D eigenvalue weighted by Crippen LogP contribution is -2.24. The summed E-state index contributed by atoms with van der Waals surface area (Å²) in [6, 6.07) is 8.10. The van der Waals surface area contributed by atoms with E-state index in [9.17, 15) is 0 Å². The number of amidine groups is 1. The van der Waals surface area contributed by atoms with Crippen LogP contribution < -0.4 is 0 Å². The first-order valence-electron chi connectivity index (χ1n) is 5.63. The van der Waals surface area contributed by atoms with Gasteiger partial charge in [-0.1, -0.05) is 24.3 Å².